The number of hydrogen-bond acceptors (Lipinski definition) is 4. The van der Waals surface area contributed by atoms with Crippen LogP contribution in [0.3, 0.4) is 0 Å². The minimum Gasteiger partial charge on any atom is -0.493 e. The van der Waals surface area contributed by atoms with Gasteiger partial charge in [-0.25, -0.2) is 0 Å². The van der Waals surface area contributed by atoms with Crippen molar-refractivity contribution in [2.75, 3.05) is 44.8 Å². The normalized spacial score (nSPS) is 14.3. The minimum absolute atomic E-state index is 0.00481. The smallest absolute Gasteiger partial charge is 0.260 e. The van der Waals surface area contributed by atoms with E-state index >= 15 is 0 Å². The third kappa shape index (κ3) is 4.91. The van der Waals surface area contributed by atoms with Crippen LogP contribution in [-0.2, 0) is 4.79 Å². The third-order valence-corrected chi connectivity index (χ3v) is 5.45. The van der Waals surface area contributed by atoms with Crippen LogP contribution >= 0.6 is 0 Å². The molecule has 154 valence electrons. The fraction of sp³-hybridized carbons (Fsp3) is 0.375. The molecule has 0 N–H and O–H groups in total. The second-order valence-electron chi connectivity index (χ2n) is 7.29. The van der Waals surface area contributed by atoms with Crippen LogP contribution in [-0.4, -0.2) is 50.7 Å². The Morgan fingerprint density at radius 1 is 1.07 bits per heavy atom. The van der Waals surface area contributed by atoms with Crippen LogP contribution in [0.5, 0.6) is 11.5 Å². The number of aryl methyl sites for hydroxylation is 1. The van der Waals surface area contributed by atoms with Crippen LogP contribution in [0, 0.1) is 13.8 Å². The lowest BCUT2D eigenvalue weighted by molar-refractivity contribution is -0.133. The number of piperazine rings is 1. The third-order valence-electron chi connectivity index (χ3n) is 5.45. The molecule has 0 aliphatic carbocycles. The first-order valence-corrected chi connectivity index (χ1v) is 10.1. The molecular weight excluding hydrogens is 364 g/mol. The van der Waals surface area contributed by atoms with Gasteiger partial charge in [0.25, 0.3) is 5.91 Å². The molecular formula is C24H30N2O3. The first-order chi connectivity index (χ1) is 14.0. The molecule has 5 nitrogen and oxygen atoms in total. The molecule has 0 radical (unpaired) electrons. The molecule has 0 spiro atoms. The average Bonchev–Trinajstić information content (AvgIpc) is 2.74. The Balaban J connectivity index is 1.56. The average molecular weight is 395 g/mol. The maximum Gasteiger partial charge on any atom is 0.260 e. The van der Waals surface area contributed by atoms with E-state index in [2.05, 4.69) is 36.9 Å². The molecule has 29 heavy (non-hydrogen) atoms. The number of hydrogen-bond donors (Lipinski definition) is 0. The van der Waals surface area contributed by atoms with E-state index in [0.717, 1.165) is 18.7 Å². The first kappa shape index (κ1) is 20.8. The first-order valence-electron chi connectivity index (χ1n) is 10.1. The predicted octanol–water partition coefficient (Wildman–Crippen LogP) is 4.07. The van der Waals surface area contributed by atoms with Gasteiger partial charge in [-0.3, -0.25) is 4.79 Å². The lowest BCUT2D eigenvalue weighted by atomic mass is 10.1. The van der Waals surface area contributed by atoms with Gasteiger partial charge >= 0.3 is 0 Å². The zero-order valence-corrected chi connectivity index (χ0v) is 17.8. The van der Waals surface area contributed by atoms with Crippen molar-refractivity contribution in [3.63, 3.8) is 0 Å². The number of rotatable bonds is 6. The van der Waals surface area contributed by atoms with Gasteiger partial charge in [-0.2, -0.15) is 0 Å². The van der Waals surface area contributed by atoms with Crippen molar-refractivity contribution in [2.24, 2.45) is 0 Å². The van der Waals surface area contributed by atoms with Crippen molar-refractivity contribution in [1.82, 2.24) is 4.90 Å². The molecule has 3 rings (SSSR count). The summed E-state index contributed by atoms with van der Waals surface area (Å²) >= 11 is 0. The standard InChI is InChI=1S/C24H30N2O3/c1-5-7-20-10-11-22(23(16-20)28-4)29-17-24(27)26-14-12-25(13-15-26)21-9-6-8-18(2)19(21)3/h5-11,16H,12-15,17H2,1-4H3. The highest BCUT2D eigenvalue weighted by Gasteiger charge is 2.23. The summed E-state index contributed by atoms with van der Waals surface area (Å²) < 4.78 is 11.2. The quantitative estimate of drug-likeness (QED) is 0.741. The van der Waals surface area contributed by atoms with Gasteiger partial charge in [0.1, 0.15) is 0 Å². The lowest BCUT2D eigenvalue weighted by Crippen LogP contribution is -2.50. The van der Waals surface area contributed by atoms with Crippen LogP contribution in [0.15, 0.2) is 42.5 Å². The van der Waals surface area contributed by atoms with E-state index in [0.29, 0.717) is 24.6 Å². The zero-order valence-electron chi connectivity index (χ0n) is 17.8. The SMILES string of the molecule is CC=Cc1ccc(OCC(=O)N2CCN(c3cccc(C)c3C)CC2)c(OC)c1. The zero-order chi connectivity index (χ0) is 20.8. The number of carbonyl (C=O) groups excluding carboxylic acids is 1. The fourth-order valence-electron chi connectivity index (χ4n) is 3.61. The van der Waals surface area contributed by atoms with Crippen molar-refractivity contribution in [3.05, 3.63) is 59.2 Å². The Kier molecular flexibility index (Phi) is 6.81. The predicted molar refractivity (Wildman–Crippen MR) is 118 cm³/mol. The van der Waals surface area contributed by atoms with Crippen LogP contribution in [0.4, 0.5) is 5.69 Å². The molecule has 1 fully saturated rings. The number of methoxy groups -OCH3 is 1. The van der Waals surface area contributed by atoms with Gasteiger partial charge in [0.2, 0.25) is 0 Å². The molecule has 0 atom stereocenters. The number of ether oxygens (including phenoxy) is 2. The van der Waals surface area contributed by atoms with Crippen LogP contribution < -0.4 is 14.4 Å². The summed E-state index contributed by atoms with van der Waals surface area (Å²) in [5.41, 5.74) is 4.90. The fourth-order valence-corrected chi connectivity index (χ4v) is 3.61. The largest absolute Gasteiger partial charge is 0.493 e. The van der Waals surface area contributed by atoms with Gasteiger partial charge in [-0.15, -0.1) is 0 Å². The molecule has 0 aromatic heterocycles. The maximum atomic E-state index is 12.6. The van der Waals surface area contributed by atoms with Gasteiger partial charge in [0, 0.05) is 31.9 Å². The Morgan fingerprint density at radius 2 is 1.83 bits per heavy atom. The highest BCUT2D eigenvalue weighted by molar-refractivity contribution is 5.78. The Bertz CT molecular complexity index is 884. The van der Waals surface area contributed by atoms with E-state index in [4.69, 9.17) is 9.47 Å². The summed E-state index contributed by atoms with van der Waals surface area (Å²) in [5.74, 6) is 1.22. The number of anilines is 1. The molecule has 0 bridgehead atoms. The maximum absolute atomic E-state index is 12.6. The summed E-state index contributed by atoms with van der Waals surface area (Å²) in [4.78, 5) is 16.9. The summed E-state index contributed by atoms with van der Waals surface area (Å²) in [7, 11) is 1.61. The van der Waals surface area contributed by atoms with Crippen LogP contribution in [0.2, 0.25) is 0 Å². The van der Waals surface area contributed by atoms with Crippen molar-refractivity contribution < 1.29 is 14.3 Å². The van der Waals surface area contributed by atoms with Gasteiger partial charge < -0.3 is 19.3 Å². The molecule has 1 aliphatic rings. The number of carbonyl (C=O) groups is 1. The van der Waals surface area contributed by atoms with Crippen LogP contribution in [0.25, 0.3) is 6.08 Å². The van der Waals surface area contributed by atoms with E-state index in [1.54, 1.807) is 7.11 Å². The van der Waals surface area contributed by atoms with Crippen molar-refractivity contribution in [2.45, 2.75) is 20.8 Å². The number of benzene rings is 2. The second kappa shape index (κ2) is 9.50. The van der Waals surface area contributed by atoms with E-state index in [-0.39, 0.29) is 12.5 Å². The topological polar surface area (TPSA) is 42.0 Å². The molecule has 1 heterocycles. The van der Waals surface area contributed by atoms with Crippen molar-refractivity contribution >= 4 is 17.7 Å². The Morgan fingerprint density at radius 3 is 2.52 bits per heavy atom. The molecule has 0 saturated carbocycles. The second-order valence-corrected chi connectivity index (χ2v) is 7.29. The lowest BCUT2D eigenvalue weighted by Gasteiger charge is -2.37. The van der Waals surface area contributed by atoms with Gasteiger partial charge in [-0.05, 0) is 55.7 Å². The van der Waals surface area contributed by atoms with Gasteiger partial charge in [0.05, 0.1) is 7.11 Å². The summed E-state index contributed by atoms with van der Waals surface area (Å²) in [6.07, 6.45) is 3.96. The van der Waals surface area contributed by atoms with Gasteiger partial charge in [-0.1, -0.05) is 30.4 Å². The van der Waals surface area contributed by atoms with E-state index in [9.17, 15) is 4.79 Å². The Labute approximate surface area is 173 Å². The molecule has 1 aliphatic heterocycles. The molecule has 0 unspecified atom stereocenters. The summed E-state index contributed by atoms with van der Waals surface area (Å²) in [6, 6.07) is 12.1. The van der Waals surface area contributed by atoms with E-state index in [1.165, 1.54) is 16.8 Å². The summed E-state index contributed by atoms with van der Waals surface area (Å²) in [5, 5.41) is 0. The monoisotopic (exact) mass is 394 g/mol. The highest BCUT2D eigenvalue weighted by Crippen LogP contribution is 2.29. The van der Waals surface area contributed by atoms with Crippen LogP contribution in [0.1, 0.15) is 23.6 Å². The number of nitrogens with zero attached hydrogens (tertiary/aromatic N) is 2. The molecule has 2 aromatic rings. The molecule has 5 heteroatoms. The molecule has 2 aromatic carbocycles. The van der Waals surface area contributed by atoms with E-state index in [1.807, 2.05) is 42.2 Å². The van der Waals surface area contributed by atoms with Crippen molar-refractivity contribution in [3.8, 4) is 11.5 Å². The van der Waals surface area contributed by atoms with E-state index < -0.39 is 0 Å². The summed E-state index contributed by atoms with van der Waals surface area (Å²) in [6.45, 7) is 9.34. The molecule has 1 amide bonds. The van der Waals surface area contributed by atoms with Gasteiger partial charge in [0.15, 0.2) is 18.1 Å². The van der Waals surface area contributed by atoms with Crippen molar-refractivity contribution in [1.29, 1.82) is 0 Å². The Hall–Kier alpha value is -2.95. The number of allylic oxidation sites excluding steroid dienone is 1. The number of amides is 1. The minimum atomic E-state index is 0.00481. The highest BCUT2D eigenvalue weighted by atomic mass is 16.5. The molecule has 1 saturated heterocycles.